The molecule has 17 heavy (non-hydrogen) atoms. The molecule has 0 radical (unpaired) electrons. The predicted octanol–water partition coefficient (Wildman–Crippen LogP) is 2.42. The number of rotatable bonds is 7. The minimum atomic E-state index is 0.677. The number of likely N-dealkylation sites (N-methyl/N-ethyl adjacent to an activating group) is 1. The third kappa shape index (κ3) is 4.30. The SMILES string of the molecule is CCN(CCOC)c1cc(Br)ccc1CCN. The van der Waals surface area contributed by atoms with Crippen molar-refractivity contribution < 1.29 is 4.74 Å². The molecule has 0 spiro atoms. The summed E-state index contributed by atoms with van der Waals surface area (Å²) in [5, 5.41) is 0. The average Bonchev–Trinajstić information content (AvgIpc) is 2.33. The highest BCUT2D eigenvalue weighted by atomic mass is 79.9. The number of ether oxygens (including phenoxy) is 1. The third-order valence-corrected chi connectivity index (χ3v) is 3.24. The Morgan fingerprint density at radius 2 is 2.18 bits per heavy atom. The van der Waals surface area contributed by atoms with Crippen molar-refractivity contribution >= 4 is 21.6 Å². The minimum absolute atomic E-state index is 0.677. The first-order valence-corrected chi connectivity index (χ1v) is 6.74. The van der Waals surface area contributed by atoms with Gasteiger partial charge >= 0.3 is 0 Å². The van der Waals surface area contributed by atoms with E-state index in [1.807, 2.05) is 0 Å². The van der Waals surface area contributed by atoms with Crippen LogP contribution in [0, 0.1) is 0 Å². The molecular formula is C13H21BrN2O. The zero-order valence-electron chi connectivity index (χ0n) is 10.6. The number of hydrogen-bond acceptors (Lipinski definition) is 3. The Labute approximate surface area is 112 Å². The van der Waals surface area contributed by atoms with Crippen LogP contribution in [-0.2, 0) is 11.2 Å². The van der Waals surface area contributed by atoms with Gasteiger partial charge in [-0.2, -0.15) is 0 Å². The van der Waals surface area contributed by atoms with E-state index >= 15 is 0 Å². The average molecular weight is 301 g/mol. The second-order valence-corrected chi connectivity index (χ2v) is 4.80. The van der Waals surface area contributed by atoms with Crippen molar-refractivity contribution in [2.75, 3.05) is 38.3 Å². The Hall–Kier alpha value is -0.580. The number of benzene rings is 1. The molecule has 3 nitrogen and oxygen atoms in total. The first kappa shape index (κ1) is 14.5. The van der Waals surface area contributed by atoms with E-state index in [-0.39, 0.29) is 0 Å². The van der Waals surface area contributed by atoms with E-state index in [1.54, 1.807) is 7.11 Å². The fraction of sp³-hybridized carbons (Fsp3) is 0.538. The number of anilines is 1. The van der Waals surface area contributed by atoms with E-state index in [0.29, 0.717) is 6.54 Å². The largest absolute Gasteiger partial charge is 0.383 e. The summed E-state index contributed by atoms with van der Waals surface area (Å²) in [5.74, 6) is 0. The molecule has 4 heteroatoms. The summed E-state index contributed by atoms with van der Waals surface area (Å²) < 4.78 is 6.25. The van der Waals surface area contributed by atoms with Gasteiger partial charge in [0.25, 0.3) is 0 Å². The molecule has 0 aliphatic heterocycles. The van der Waals surface area contributed by atoms with Gasteiger partial charge < -0.3 is 15.4 Å². The highest BCUT2D eigenvalue weighted by molar-refractivity contribution is 9.10. The molecule has 0 fully saturated rings. The fourth-order valence-corrected chi connectivity index (χ4v) is 2.20. The topological polar surface area (TPSA) is 38.5 Å². The van der Waals surface area contributed by atoms with Gasteiger partial charge in [-0.15, -0.1) is 0 Å². The van der Waals surface area contributed by atoms with Gasteiger partial charge in [0.15, 0.2) is 0 Å². The van der Waals surface area contributed by atoms with Crippen molar-refractivity contribution in [1.82, 2.24) is 0 Å². The Balaban J connectivity index is 2.93. The van der Waals surface area contributed by atoms with Gasteiger partial charge in [0.05, 0.1) is 6.61 Å². The lowest BCUT2D eigenvalue weighted by Gasteiger charge is -2.25. The smallest absolute Gasteiger partial charge is 0.0637 e. The van der Waals surface area contributed by atoms with E-state index in [0.717, 1.165) is 30.6 Å². The van der Waals surface area contributed by atoms with Gasteiger partial charge in [-0.3, -0.25) is 0 Å². The molecule has 0 aromatic heterocycles. The normalized spacial score (nSPS) is 10.6. The summed E-state index contributed by atoms with van der Waals surface area (Å²) in [6, 6.07) is 6.37. The summed E-state index contributed by atoms with van der Waals surface area (Å²) in [4.78, 5) is 2.32. The second-order valence-electron chi connectivity index (χ2n) is 3.88. The van der Waals surface area contributed by atoms with Crippen molar-refractivity contribution in [1.29, 1.82) is 0 Å². The molecule has 2 N–H and O–H groups in total. The monoisotopic (exact) mass is 300 g/mol. The van der Waals surface area contributed by atoms with Gasteiger partial charge in [-0.25, -0.2) is 0 Å². The van der Waals surface area contributed by atoms with Crippen molar-refractivity contribution in [3.63, 3.8) is 0 Å². The van der Waals surface area contributed by atoms with Crippen molar-refractivity contribution in [3.05, 3.63) is 28.2 Å². The number of hydrogen-bond donors (Lipinski definition) is 1. The fourth-order valence-electron chi connectivity index (χ4n) is 1.85. The summed E-state index contributed by atoms with van der Waals surface area (Å²) in [5.41, 5.74) is 8.21. The molecule has 96 valence electrons. The van der Waals surface area contributed by atoms with Crippen LogP contribution in [0.5, 0.6) is 0 Å². The molecule has 1 aromatic rings. The quantitative estimate of drug-likeness (QED) is 0.840. The highest BCUT2D eigenvalue weighted by Gasteiger charge is 2.09. The van der Waals surface area contributed by atoms with Crippen LogP contribution in [0.2, 0.25) is 0 Å². The lowest BCUT2D eigenvalue weighted by Crippen LogP contribution is -2.28. The van der Waals surface area contributed by atoms with Crippen LogP contribution in [0.15, 0.2) is 22.7 Å². The Kier molecular flexibility index (Phi) is 6.55. The third-order valence-electron chi connectivity index (χ3n) is 2.75. The lowest BCUT2D eigenvalue weighted by atomic mass is 10.1. The van der Waals surface area contributed by atoms with Crippen molar-refractivity contribution in [2.45, 2.75) is 13.3 Å². The Morgan fingerprint density at radius 1 is 1.41 bits per heavy atom. The van der Waals surface area contributed by atoms with Crippen molar-refractivity contribution in [2.24, 2.45) is 5.73 Å². The number of methoxy groups -OCH3 is 1. The molecule has 0 saturated heterocycles. The van der Waals surface area contributed by atoms with E-state index < -0.39 is 0 Å². The molecule has 0 bridgehead atoms. The first-order chi connectivity index (χ1) is 8.22. The van der Waals surface area contributed by atoms with Gasteiger partial charge in [0, 0.05) is 30.4 Å². The first-order valence-electron chi connectivity index (χ1n) is 5.95. The molecule has 0 unspecified atom stereocenters. The van der Waals surface area contributed by atoms with Gasteiger partial charge in [-0.05, 0) is 37.6 Å². The minimum Gasteiger partial charge on any atom is -0.383 e. The zero-order chi connectivity index (χ0) is 12.7. The summed E-state index contributed by atoms with van der Waals surface area (Å²) in [7, 11) is 1.73. The van der Waals surface area contributed by atoms with Crippen LogP contribution in [0.1, 0.15) is 12.5 Å². The number of halogens is 1. The molecule has 1 aromatic carbocycles. The molecule has 0 atom stereocenters. The van der Waals surface area contributed by atoms with Crippen molar-refractivity contribution in [3.8, 4) is 0 Å². The lowest BCUT2D eigenvalue weighted by molar-refractivity contribution is 0.205. The van der Waals surface area contributed by atoms with Crippen LogP contribution >= 0.6 is 15.9 Å². The highest BCUT2D eigenvalue weighted by Crippen LogP contribution is 2.25. The van der Waals surface area contributed by atoms with Gasteiger partial charge in [-0.1, -0.05) is 22.0 Å². The van der Waals surface area contributed by atoms with Gasteiger partial charge in [0.2, 0.25) is 0 Å². The molecule has 1 rings (SSSR count). The Bertz CT molecular complexity index is 344. The van der Waals surface area contributed by atoms with E-state index in [4.69, 9.17) is 10.5 Å². The summed E-state index contributed by atoms with van der Waals surface area (Å²) in [6.45, 7) is 5.44. The van der Waals surface area contributed by atoms with E-state index in [1.165, 1.54) is 11.3 Å². The summed E-state index contributed by atoms with van der Waals surface area (Å²) in [6.07, 6.45) is 0.909. The van der Waals surface area contributed by atoms with E-state index in [9.17, 15) is 0 Å². The number of nitrogens with zero attached hydrogens (tertiary/aromatic N) is 1. The molecule has 0 heterocycles. The Morgan fingerprint density at radius 3 is 2.76 bits per heavy atom. The number of nitrogens with two attached hydrogens (primary N) is 1. The van der Waals surface area contributed by atoms with E-state index in [2.05, 4.69) is 46.0 Å². The van der Waals surface area contributed by atoms with Crippen LogP contribution < -0.4 is 10.6 Å². The van der Waals surface area contributed by atoms with Gasteiger partial charge in [0.1, 0.15) is 0 Å². The maximum absolute atomic E-state index is 5.65. The molecular weight excluding hydrogens is 280 g/mol. The molecule has 0 aliphatic rings. The van der Waals surface area contributed by atoms with Crippen LogP contribution in [0.4, 0.5) is 5.69 Å². The maximum atomic E-state index is 5.65. The van der Waals surface area contributed by atoms with Crippen LogP contribution in [-0.4, -0.2) is 33.4 Å². The predicted molar refractivity (Wildman–Crippen MR) is 76.7 cm³/mol. The molecule has 0 saturated carbocycles. The van der Waals surface area contributed by atoms with Crippen LogP contribution in [0.3, 0.4) is 0 Å². The standard InChI is InChI=1S/C13H21BrN2O/c1-3-16(8-9-17-2)13-10-12(14)5-4-11(13)6-7-15/h4-5,10H,3,6-9,15H2,1-2H3. The zero-order valence-corrected chi connectivity index (χ0v) is 12.2. The molecule has 0 aliphatic carbocycles. The van der Waals surface area contributed by atoms with Crippen LogP contribution in [0.25, 0.3) is 0 Å². The molecule has 0 amide bonds. The summed E-state index contributed by atoms with van der Waals surface area (Å²) >= 11 is 3.52. The maximum Gasteiger partial charge on any atom is 0.0637 e. The second kappa shape index (κ2) is 7.69.